The highest BCUT2D eigenvalue weighted by Crippen LogP contribution is 2.25. The first kappa shape index (κ1) is 13.3. The first-order chi connectivity index (χ1) is 8.09. The van der Waals surface area contributed by atoms with E-state index in [1.54, 1.807) is 4.31 Å². The van der Waals surface area contributed by atoms with Crippen LogP contribution >= 0.6 is 0 Å². The Labute approximate surface area is 105 Å². The molecule has 17 heavy (non-hydrogen) atoms. The summed E-state index contributed by atoms with van der Waals surface area (Å²) in [6.07, 6.45) is 7.31. The van der Waals surface area contributed by atoms with Crippen LogP contribution in [0.1, 0.15) is 32.1 Å². The predicted molar refractivity (Wildman–Crippen MR) is 69.2 cm³/mol. The molecule has 0 unspecified atom stereocenters. The maximum Gasteiger partial charge on any atom is 0.214 e. The Hall–Kier alpha value is -0.130. The van der Waals surface area contributed by atoms with Crippen LogP contribution in [0.15, 0.2) is 0 Å². The summed E-state index contributed by atoms with van der Waals surface area (Å²) in [5.74, 6) is 0.310. The van der Waals surface area contributed by atoms with Gasteiger partial charge in [0.15, 0.2) is 0 Å². The number of nitrogens with zero attached hydrogens (tertiary/aromatic N) is 2. The highest BCUT2D eigenvalue weighted by molar-refractivity contribution is 7.89. The van der Waals surface area contributed by atoms with Gasteiger partial charge in [-0.2, -0.15) is 0 Å². The first-order valence-electron chi connectivity index (χ1n) is 6.59. The first-order valence-corrected chi connectivity index (χ1v) is 8.20. The normalized spacial score (nSPS) is 23.2. The van der Waals surface area contributed by atoms with Crippen molar-refractivity contribution in [2.24, 2.45) is 0 Å². The predicted octanol–water partition coefficient (Wildman–Crippen LogP) is 1.10. The molecular formula is C12H23N2O2S. The molecule has 0 amide bonds. The molecule has 1 saturated heterocycles. The van der Waals surface area contributed by atoms with E-state index in [0.717, 1.165) is 31.8 Å². The molecule has 2 aliphatic rings. The quantitative estimate of drug-likeness (QED) is 0.717. The van der Waals surface area contributed by atoms with Gasteiger partial charge in [-0.1, -0.05) is 0 Å². The van der Waals surface area contributed by atoms with E-state index < -0.39 is 10.0 Å². The minimum atomic E-state index is -3.00. The number of sulfonamides is 1. The Balaban J connectivity index is 1.72. The fourth-order valence-corrected chi connectivity index (χ4v) is 3.85. The van der Waals surface area contributed by atoms with Crippen LogP contribution in [0.25, 0.3) is 0 Å². The molecule has 1 aliphatic carbocycles. The van der Waals surface area contributed by atoms with Crippen LogP contribution in [-0.4, -0.2) is 56.1 Å². The van der Waals surface area contributed by atoms with Crippen LogP contribution in [0.3, 0.4) is 0 Å². The zero-order chi connectivity index (χ0) is 12.3. The molecular weight excluding hydrogens is 236 g/mol. The molecule has 0 aromatic heterocycles. The molecule has 1 heterocycles. The summed E-state index contributed by atoms with van der Waals surface area (Å²) in [5, 5.41) is 0. The molecule has 2 rings (SSSR count). The van der Waals surface area contributed by atoms with E-state index in [9.17, 15) is 8.42 Å². The fourth-order valence-electron chi connectivity index (χ4n) is 2.33. The summed E-state index contributed by atoms with van der Waals surface area (Å²) in [7, 11) is -0.900. The van der Waals surface area contributed by atoms with Crippen LogP contribution < -0.4 is 0 Å². The number of rotatable bonds is 6. The summed E-state index contributed by atoms with van der Waals surface area (Å²) in [6, 6.07) is 0.724. The molecule has 0 N–H and O–H groups in total. The molecule has 99 valence electrons. The summed E-state index contributed by atoms with van der Waals surface area (Å²) in [4.78, 5) is 2.29. The molecule has 5 heteroatoms. The molecule has 1 saturated carbocycles. The molecule has 4 nitrogen and oxygen atoms in total. The lowest BCUT2D eigenvalue weighted by Gasteiger charge is -2.26. The van der Waals surface area contributed by atoms with Gasteiger partial charge in [-0.15, -0.1) is 0 Å². The monoisotopic (exact) mass is 259 g/mol. The van der Waals surface area contributed by atoms with Crippen molar-refractivity contribution in [2.45, 2.75) is 38.1 Å². The molecule has 0 bridgehead atoms. The number of piperidine rings is 1. The molecule has 0 spiro atoms. The van der Waals surface area contributed by atoms with E-state index in [1.807, 2.05) is 0 Å². The molecule has 1 radical (unpaired) electrons. The van der Waals surface area contributed by atoms with Crippen molar-refractivity contribution in [1.82, 2.24) is 9.21 Å². The highest BCUT2D eigenvalue weighted by Gasteiger charge is 2.27. The van der Waals surface area contributed by atoms with E-state index in [0.29, 0.717) is 18.8 Å². The third-order valence-corrected chi connectivity index (χ3v) is 5.60. The summed E-state index contributed by atoms with van der Waals surface area (Å²) in [6.45, 7) is 2.27. The Morgan fingerprint density at radius 2 is 1.94 bits per heavy atom. The van der Waals surface area contributed by atoms with E-state index in [4.69, 9.17) is 0 Å². The van der Waals surface area contributed by atoms with Gasteiger partial charge in [-0.3, -0.25) is 0 Å². The summed E-state index contributed by atoms with van der Waals surface area (Å²) < 4.78 is 25.7. The zero-order valence-corrected chi connectivity index (χ0v) is 11.5. The van der Waals surface area contributed by atoms with E-state index in [1.165, 1.54) is 12.8 Å². The Morgan fingerprint density at radius 1 is 1.29 bits per heavy atom. The van der Waals surface area contributed by atoms with Gasteiger partial charge < -0.3 is 4.90 Å². The third-order valence-electron chi connectivity index (χ3n) is 3.64. The standard InChI is InChI=1S/C12H23N2O2S/c1-13(12-6-7-12)8-5-11-17(15,16)14-9-3-2-4-10-14/h2,12H,3-11H2,1H3. The smallest absolute Gasteiger partial charge is 0.214 e. The lowest BCUT2D eigenvalue weighted by molar-refractivity contribution is 0.322. The highest BCUT2D eigenvalue weighted by atomic mass is 32.2. The topological polar surface area (TPSA) is 40.6 Å². The van der Waals surface area contributed by atoms with Crippen LogP contribution in [0, 0.1) is 6.42 Å². The van der Waals surface area contributed by atoms with Gasteiger partial charge in [-0.05, 0) is 52.1 Å². The molecule has 2 fully saturated rings. The molecule has 1 aliphatic heterocycles. The van der Waals surface area contributed by atoms with Gasteiger partial charge in [0, 0.05) is 19.1 Å². The largest absolute Gasteiger partial charge is 0.303 e. The third kappa shape index (κ3) is 3.93. The molecule has 0 atom stereocenters. The number of hydrogen-bond acceptors (Lipinski definition) is 3. The van der Waals surface area contributed by atoms with Gasteiger partial charge >= 0.3 is 0 Å². The van der Waals surface area contributed by atoms with Crippen molar-refractivity contribution in [3.05, 3.63) is 6.42 Å². The van der Waals surface area contributed by atoms with Crippen molar-refractivity contribution in [3.8, 4) is 0 Å². The van der Waals surface area contributed by atoms with E-state index >= 15 is 0 Å². The van der Waals surface area contributed by atoms with Gasteiger partial charge in [0.05, 0.1) is 5.75 Å². The number of hydrogen-bond donors (Lipinski definition) is 0. The minimum absolute atomic E-state index is 0.310. The van der Waals surface area contributed by atoms with Crippen molar-refractivity contribution in [2.75, 3.05) is 32.4 Å². The van der Waals surface area contributed by atoms with E-state index in [2.05, 4.69) is 18.4 Å². The maximum absolute atomic E-state index is 12.0. The van der Waals surface area contributed by atoms with Gasteiger partial charge in [0.25, 0.3) is 0 Å². The van der Waals surface area contributed by atoms with Crippen LogP contribution in [0.2, 0.25) is 0 Å². The van der Waals surface area contributed by atoms with Gasteiger partial charge in [-0.25, -0.2) is 12.7 Å². The lowest BCUT2D eigenvalue weighted by Crippen LogP contribution is -2.38. The second-order valence-corrected chi connectivity index (χ2v) is 7.23. The summed E-state index contributed by atoms with van der Waals surface area (Å²) in [5.41, 5.74) is 0. The zero-order valence-electron chi connectivity index (χ0n) is 10.6. The average molecular weight is 259 g/mol. The Kier molecular flexibility index (Phi) is 4.44. The van der Waals surface area contributed by atoms with Crippen LogP contribution in [0.5, 0.6) is 0 Å². The Morgan fingerprint density at radius 3 is 2.53 bits per heavy atom. The van der Waals surface area contributed by atoms with Gasteiger partial charge in [0.1, 0.15) is 0 Å². The van der Waals surface area contributed by atoms with Crippen molar-refractivity contribution in [3.63, 3.8) is 0 Å². The fraction of sp³-hybridized carbons (Fsp3) is 0.917. The lowest BCUT2D eigenvalue weighted by atomic mass is 10.2. The molecule has 0 aromatic carbocycles. The maximum atomic E-state index is 12.0. The van der Waals surface area contributed by atoms with Crippen molar-refractivity contribution in [1.29, 1.82) is 0 Å². The minimum Gasteiger partial charge on any atom is -0.303 e. The summed E-state index contributed by atoms with van der Waals surface area (Å²) >= 11 is 0. The second-order valence-electron chi connectivity index (χ2n) is 5.15. The van der Waals surface area contributed by atoms with Crippen molar-refractivity contribution < 1.29 is 8.42 Å². The Bertz CT molecular complexity index is 332. The molecule has 0 aromatic rings. The van der Waals surface area contributed by atoms with Crippen LogP contribution in [-0.2, 0) is 10.0 Å². The average Bonchev–Trinajstić information content (AvgIpc) is 3.14. The van der Waals surface area contributed by atoms with Crippen LogP contribution in [0.4, 0.5) is 0 Å². The van der Waals surface area contributed by atoms with Crippen molar-refractivity contribution >= 4 is 10.0 Å². The van der Waals surface area contributed by atoms with E-state index in [-0.39, 0.29) is 0 Å². The second kappa shape index (κ2) is 5.67. The van der Waals surface area contributed by atoms with Gasteiger partial charge in [0.2, 0.25) is 10.0 Å². The SMILES string of the molecule is CN(CCCS(=O)(=O)N1CC[CH]CC1)C1CC1.